The summed E-state index contributed by atoms with van der Waals surface area (Å²) in [6.45, 7) is 10.6. The maximum Gasteiger partial charge on any atom is 0.258 e. The molecule has 1 N–H and O–H groups in total. The van der Waals surface area contributed by atoms with Crippen molar-refractivity contribution in [2.24, 2.45) is 0 Å². The highest BCUT2D eigenvalue weighted by Gasteiger charge is 2.33. The third kappa shape index (κ3) is 3.78. The second-order valence-electron chi connectivity index (χ2n) is 7.48. The van der Waals surface area contributed by atoms with Gasteiger partial charge in [-0.2, -0.15) is 4.98 Å². The number of rotatable bonds is 5. The van der Waals surface area contributed by atoms with Crippen LogP contribution >= 0.6 is 12.2 Å². The Morgan fingerprint density at radius 2 is 1.70 bits per heavy atom. The Balaban J connectivity index is 1.81. The molecule has 1 aromatic heterocycles. The van der Waals surface area contributed by atoms with Gasteiger partial charge in [-0.25, -0.2) is 0 Å². The zero-order chi connectivity index (χ0) is 21.3. The summed E-state index contributed by atoms with van der Waals surface area (Å²) in [7, 11) is 0. The van der Waals surface area contributed by atoms with Crippen LogP contribution in [0.2, 0.25) is 0 Å². The topological polar surface area (TPSA) is 54.2 Å². The van der Waals surface area contributed by atoms with E-state index >= 15 is 0 Å². The van der Waals surface area contributed by atoms with Gasteiger partial charge in [0.2, 0.25) is 5.82 Å². The molecule has 3 aromatic rings. The highest BCUT2D eigenvalue weighted by Crippen LogP contribution is 2.37. The first-order valence-corrected chi connectivity index (χ1v) is 10.3. The summed E-state index contributed by atoms with van der Waals surface area (Å²) in [4.78, 5) is 6.72. The van der Waals surface area contributed by atoms with Gasteiger partial charge in [-0.15, -0.1) is 6.58 Å². The van der Waals surface area contributed by atoms with Crippen LogP contribution in [-0.4, -0.2) is 26.7 Å². The van der Waals surface area contributed by atoms with Crippen LogP contribution < -0.4 is 5.32 Å². The molecule has 5 nitrogen and oxygen atoms in total. The molecule has 1 atom stereocenters. The summed E-state index contributed by atoms with van der Waals surface area (Å²) >= 11 is 5.64. The molecule has 1 aliphatic rings. The molecule has 2 heterocycles. The number of allylic oxidation sites excluding steroid dienone is 1. The first kappa shape index (κ1) is 20.0. The van der Waals surface area contributed by atoms with E-state index in [0.29, 0.717) is 23.4 Å². The van der Waals surface area contributed by atoms with Crippen molar-refractivity contribution in [3.8, 4) is 11.4 Å². The third-order valence-corrected chi connectivity index (χ3v) is 5.62. The van der Waals surface area contributed by atoms with Gasteiger partial charge in [-0.3, -0.25) is 0 Å². The van der Waals surface area contributed by atoms with Crippen LogP contribution in [0.5, 0.6) is 0 Å². The second kappa shape index (κ2) is 8.24. The average molecular weight is 417 g/mol. The molecule has 0 saturated carbocycles. The minimum atomic E-state index is -0.175. The van der Waals surface area contributed by atoms with Gasteiger partial charge in [0.15, 0.2) is 5.11 Å². The standard InChI is InChI=1S/C24H24N4OS/c1-5-14-28-17(4)20(21(25-24(28)30)18-10-6-15(2)7-11-18)23-26-22(27-29-23)19-12-8-16(3)9-13-19/h5-13,21H,1,14H2,2-4H3,(H,25,30). The van der Waals surface area contributed by atoms with Gasteiger partial charge >= 0.3 is 0 Å². The Labute approximate surface area is 182 Å². The zero-order valence-electron chi connectivity index (χ0n) is 17.3. The van der Waals surface area contributed by atoms with Gasteiger partial charge < -0.3 is 14.7 Å². The molecule has 0 saturated heterocycles. The summed E-state index contributed by atoms with van der Waals surface area (Å²) < 4.78 is 5.74. The van der Waals surface area contributed by atoms with Crippen molar-refractivity contribution in [3.05, 3.63) is 89.5 Å². The number of benzene rings is 2. The van der Waals surface area contributed by atoms with Crippen molar-refractivity contribution in [2.75, 3.05) is 6.54 Å². The summed E-state index contributed by atoms with van der Waals surface area (Å²) in [6.07, 6.45) is 1.83. The maximum absolute atomic E-state index is 5.74. The van der Waals surface area contributed by atoms with Crippen LogP contribution in [0.25, 0.3) is 17.0 Å². The van der Waals surface area contributed by atoms with Gasteiger partial charge in [0, 0.05) is 17.8 Å². The van der Waals surface area contributed by atoms with Crippen LogP contribution in [0.1, 0.15) is 35.5 Å². The predicted molar refractivity (Wildman–Crippen MR) is 124 cm³/mol. The van der Waals surface area contributed by atoms with Gasteiger partial charge in [-0.1, -0.05) is 70.9 Å². The fourth-order valence-corrected chi connectivity index (χ4v) is 3.90. The Morgan fingerprint density at radius 1 is 1.07 bits per heavy atom. The first-order chi connectivity index (χ1) is 14.5. The number of thiocarbonyl (C=S) groups is 1. The highest BCUT2D eigenvalue weighted by atomic mass is 32.1. The molecule has 0 bridgehead atoms. The molecule has 4 rings (SSSR count). The molecule has 0 spiro atoms. The monoisotopic (exact) mass is 416 g/mol. The Kier molecular flexibility index (Phi) is 5.50. The number of nitrogens with zero attached hydrogens (tertiary/aromatic N) is 3. The van der Waals surface area contributed by atoms with Crippen LogP contribution in [0.4, 0.5) is 0 Å². The summed E-state index contributed by atoms with van der Waals surface area (Å²) in [5, 5.41) is 8.34. The van der Waals surface area contributed by atoms with Crippen molar-refractivity contribution >= 4 is 22.9 Å². The molecule has 0 fully saturated rings. The van der Waals surface area contributed by atoms with Gasteiger partial charge in [0.25, 0.3) is 5.89 Å². The smallest absolute Gasteiger partial charge is 0.258 e. The van der Waals surface area contributed by atoms with E-state index in [9.17, 15) is 0 Å². The van der Waals surface area contributed by atoms with E-state index in [1.807, 2.05) is 42.2 Å². The molecule has 0 amide bonds. The van der Waals surface area contributed by atoms with Crippen LogP contribution in [0.3, 0.4) is 0 Å². The van der Waals surface area contributed by atoms with E-state index in [4.69, 9.17) is 21.7 Å². The largest absolute Gasteiger partial charge is 0.351 e. The fourth-order valence-electron chi connectivity index (χ4n) is 3.57. The lowest BCUT2D eigenvalue weighted by atomic mass is 9.94. The summed E-state index contributed by atoms with van der Waals surface area (Å²) in [5.74, 6) is 1.05. The van der Waals surface area contributed by atoms with Crippen molar-refractivity contribution in [1.82, 2.24) is 20.4 Å². The van der Waals surface area contributed by atoms with E-state index in [-0.39, 0.29) is 6.04 Å². The first-order valence-electron chi connectivity index (χ1n) is 9.85. The molecule has 1 aliphatic heterocycles. The number of aryl methyl sites for hydroxylation is 2. The van der Waals surface area contributed by atoms with E-state index in [1.54, 1.807) is 0 Å². The number of aromatic nitrogens is 2. The number of nitrogens with one attached hydrogen (secondary N) is 1. The number of hydrogen-bond acceptors (Lipinski definition) is 4. The van der Waals surface area contributed by atoms with E-state index in [0.717, 1.165) is 22.4 Å². The quantitative estimate of drug-likeness (QED) is 0.456. The normalized spacial score (nSPS) is 16.6. The van der Waals surface area contributed by atoms with Gasteiger partial charge in [-0.05, 0) is 38.6 Å². The number of hydrogen-bond donors (Lipinski definition) is 1. The summed E-state index contributed by atoms with van der Waals surface area (Å²) in [6, 6.07) is 16.3. The lowest BCUT2D eigenvalue weighted by Crippen LogP contribution is -2.45. The molecule has 152 valence electrons. The molecule has 2 aromatic carbocycles. The zero-order valence-corrected chi connectivity index (χ0v) is 18.2. The minimum Gasteiger partial charge on any atom is -0.351 e. The van der Waals surface area contributed by atoms with Crippen LogP contribution in [-0.2, 0) is 0 Å². The molecule has 30 heavy (non-hydrogen) atoms. The Morgan fingerprint density at radius 3 is 2.33 bits per heavy atom. The molecular weight excluding hydrogens is 392 g/mol. The fraction of sp³-hybridized carbons (Fsp3) is 0.208. The molecular formula is C24H24N4OS. The van der Waals surface area contributed by atoms with Crippen LogP contribution in [0, 0.1) is 13.8 Å². The maximum atomic E-state index is 5.74. The van der Waals surface area contributed by atoms with Gasteiger partial charge in [0.1, 0.15) is 0 Å². The van der Waals surface area contributed by atoms with Crippen molar-refractivity contribution < 1.29 is 4.52 Å². The van der Waals surface area contributed by atoms with Crippen LogP contribution in [0.15, 0.2) is 71.4 Å². The van der Waals surface area contributed by atoms with Crippen molar-refractivity contribution in [1.29, 1.82) is 0 Å². The highest BCUT2D eigenvalue weighted by molar-refractivity contribution is 7.80. The lowest BCUT2D eigenvalue weighted by Gasteiger charge is -2.36. The average Bonchev–Trinajstić information content (AvgIpc) is 3.21. The van der Waals surface area contributed by atoms with E-state index in [1.165, 1.54) is 11.1 Å². The molecule has 0 aliphatic carbocycles. The summed E-state index contributed by atoms with van der Waals surface area (Å²) in [5.41, 5.74) is 6.29. The third-order valence-electron chi connectivity index (χ3n) is 5.28. The van der Waals surface area contributed by atoms with E-state index < -0.39 is 0 Å². The molecule has 6 heteroatoms. The predicted octanol–water partition coefficient (Wildman–Crippen LogP) is 5.20. The Bertz CT molecular complexity index is 1110. The van der Waals surface area contributed by atoms with E-state index in [2.05, 4.69) is 55.2 Å². The van der Waals surface area contributed by atoms with Gasteiger partial charge in [0.05, 0.1) is 11.6 Å². The lowest BCUT2D eigenvalue weighted by molar-refractivity contribution is 0.399. The van der Waals surface area contributed by atoms with Crippen molar-refractivity contribution in [2.45, 2.75) is 26.8 Å². The minimum absolute atomic E-state index is 0.175. The molecule has 0 radical (unpaired) electrons. The Hall–Kier alpha value is -3.25. The van der Waals surface area contributed by atoms with Crippen molar-refractivity contribution in [3.63, 3.8) is 0 Å². The molecule has 1 unspecified atom stereocenters. The second-order valence-corrected chi connectivity index (χ2v) is 7.87. The SMILES string of the molecule is C=CCN1C(=S)NC(c2ccc(C)cc2)C(c2nc(-c3ccc(C)cc3)no2)=C1C.